The molecule has 18 heavy (non-hydrogen) atoms. The minimum Gasteiger partial charge on any atom is -0.376 e. The molecular formula is C12H14N4O2. The number of anilines is 1. The molecule has 6 heteroatoms. The number of H-pyrrole nitrogens is 1. The Morgan fingerprint density at radius 1 is 1.56 bits per heavy atom. The van der Waals surface area contributed by atoms with Crippen molar-refractivity contribution in [2.24, 2.45) is 0 Å². The molecule has 0 spiro atoms. The van der Waals surface area contributed by atoms with Gasteiger partial charge in [0.25, 0.3) is 0 Å². The summed E-state index contributed by atoms with van der Waals surface area (Å²) in [6.07, 6.45) is 6.33. The fourth-order valence-electron chi connectivity index (χ4n) is 2.23. The number of hydrogen-bond donors (Lipinski definition) is 2. The number of carbonyl (C=O) groups is 1. The standard InChI is InChI=1S/C12H14N4O2/c17-6-8-4-13-11-10(8)12(16-7-15-11)14-5-9-2-1-3-18-9/h4,6-7,9H,1-3,5H2,(H2,13,14,15,16). The quantitative estimate of drug-likeness (QED) is 0.796. The summed E-state index contributed by atoms with van der Waals surface area (Å²) in [5.41, 5.74) is 1.24. The van der Waals surface area contributed by atoms with Gasteiger partial charge in [-0.25, -0.2) is 9.97 Å². The molecule has 0 amide bonds. The van der Waals surface area contributed by atoms with Crippen molar-refractivity contribution in [2.45, 2.75) is 18.9 Å². The van der Waals surface area contributed by atoms with Crippen LogP contribution in [-0.2, 0) is 4.74 Å². The van der Waals surface area contributed by atoms with Gasteiger partial charge in [-0.15, -0.1) is 0 Å². The first-order valence-corrected chi connectivity index (χ1v) is 6.01. The van der Waals surface area contributed by atoms with Gasteiger partial charge in [0, 0.05) is 24.9 Å². The van der Waals surface area contributed by atoms with Crippen LogP contribution in [0.3, 0.4) is 0 Å². The monoisotopic (exact) mass is 246 g/mol. The highest BCUT2D eigenvalue weighted by Crippen LogP contribution is 2.22. The molecule has 3 rings (SSSR count). The molecule has 3 heterocycles. The number of rotatable bonds is 4. The highest BCUT2D eigenvalue weighted by Gasteiger charge is 2.16. The average molecular weight is 246 g/mol. The number of fused-ring (bicyclic) bond motifs is 1. The number of nitrogens with zero attached hydrogens (tertiary/aromatic N) is 2. The van der Waals surface area contributed by atoms with Crippen LogP contribution in [-0.4, -0.2) is 40.5 Å². The van der Waals surface area contributed by atoms with Gasteiger partial charge in [0.2, 0.25) is 0 Å². The second-order valence-corrected chi connectivity index (χ2v) is 4.32. The molecule has 1 fully saturated rings. The highest BCUT2D eigenvalue weighted by molar-refractivity contribution is 6.01. The summed E-state index contributed by atoms with van der Waals surface area (Å²) in [5.74, 6) is 0.679. The Bertz CT molecular complexity index is 560. The largest absolute Gasteiger partial charge is 0.376 e. The normalized spacial score (nSPS) is 19.2. The van der Waals surface area contributed by atoms with E-state index >= 15 is 0 Å². The van der Waals surface area contributed by atoms with E-state index in [0.29, 0.717) is 23.6 Å². The Hall–Kier alpha value is -1.95. The third-order valence-corrected chi connectivity index (χ3v) is 3.15. The number of ether oxygens (including phenoxy) is 1. The summed E-state index contributed by atoms with van der Waals surface area (Å²) in [6.45, 7) is 1.53. The smallest absolute Gasteiger partial charge is 0.152 e. The van der Waals surface area contributed by atoms with E-state index < -0.39 is 0 Å². The lowest BCUT2D eigenvalue weighted by Gasteiger charge is -2.11. The van der Waals surface area contributed by atoms with Crippen molar-refractivity contribution in [3.05, 3.63) is 18.1 Å². The zero-order chi connectivity index (χ0) is 12.4. The lowest BCUT2D eigenvalue weighted by Crippen LogP contribution is -2.19. The molecule has 0 aromatic carbocycles. The van der Waals surface area contributed by atoms with Crippen molar-refractivity contribution in [1.82, 2.24) is 15.0 Å². The fraction of sp³-hybridized carbons (Fsp3) is 0.417. The van der Waals surface area contributed by atoms with Gasteiger partial charge in [0.05, 0.1) is 11.5 Å². The van der Waals surface area contributed by atoms with Crippen molar-refractivity contribution in [3.8, 4) is 0 Å². The van der Waals surface area contributed by atoms with Gasteiger partial charge in [0.15, 0.2) is 6.29 Å². The third-order valence-electron chi connectivity index (χ3n) is 3.15. The molecule has 2 N–H and O–H groups in total. The zero-order valence-electron chi connectivity index (χ0n) is 9.85. The molecule has 0 saturated carbocycles. The van der Waals surface area contributed by atoms with E-state index in [2.05, 4.69) is 20.3 Å². The van der Waals surface area contributed by atoms with Crippen molar-refractivity contribution >= 4 is 23.1 Å². The van der Waals surface area contributed by atoms with Gasteiger partial charge >= 0.3 is 0 Å². The molecule has 1 saturated heterocycles. The first-order valence-electron chi connectivity index (χ1n) is 6.01. The zero-order valence-corrected chi connectivity index (χ0v) is 9.85. The molecule has 0 bridgehead atoms. The van der Waals surface area contributed by atoms with E-state index in [1.165, 1.54) is 6.33 Å². The van der Waals surface area contributed by atoms with E-state index in [4.69, 9.17) is 4.74 Å². The summed E-state index contributed by atoms with van der Waals surface area (Å²) in [5, 5.41) is 3.98. The number of hydrogen-bond acceptors (Lipinski definition) is 5. The van der Waals surface area contributed by atoms with Gasteiger partial charge in [-0.1, -0.05) is 0 Å². The molecule has 2 aromatic heterocycles. The van der Waals surface area contributed by atoms with Gasteiger partial charge < -0.3 is 15.0 Å². The van der Waals surface area contributed by atoms with Crippen LogP contribution >= 0.6 is 0 Å². The molecule has 0 aliphatic carbocycles. The molecular weight excluding hydrogens is 232 g/mol. The van der Waals surface area contributed by atoms with Crippen LogP contribution in [0.4, 0.5) is 5.82 Å². The van der Waals surface area contributed by atoms with Gasteiger partial charge in [-0.2, -0.15) is 0 Å². The van der Waals surface area contributed by atoms with Gasteiger partial charge in [0.1, 0.15) is 17.8 Å². The number of aromatic amines is 1. The Kier molecular flexibility index (Phi) is 2.93. The number of aromatic nitrogens is 3. The van der Waals surface area contributed by atoms with Crippen molar-refractivity contribution < 1.29 is 9.53 Å². The predicted molar refractivity (Wildman–Crippen MR) is 66.7 cm³/mol. The van der Waals surface area contributed by atoms with Crippen LogP contribution in [0.15, 0.2) is 12.5 Å². The van der Waals surface area contributed by atoms with Gasteiger partial charge in [-0.3, -0.25) is 4.79 Å². The SMILES string of the molecule is O=Cc1c[nH]c2ncnc(NCC3CCCO3)c12. The number of carbonyl (C=O) groups excluding carboxylic acids is 1. The van der Waals surface area contributed by atoms with Crippen LogP contribution in [0.1, 0.15) is 23.2 Å². The number of nitrogens with one attached hydrogen (secondary N) is 2. The molecule has 2 aromatic rings. The molecule has 1 aliphatic heterocycles. The van der Waals surface area contributed by atoms with Crippen molar-refractivity contribution in [2.75, 3.05) is 18.5 Å². The second kappa shape index (κ2) is 4.73. The maximum atomic E-state index is 11.0. The second-order valence-electron chi connectivity index (χ2n) is 4.32. The van der Waals surface area contributed by atoms with E-state index in [9.17, 15) is 4.79 Å². The average Bonchev–Trinajstić information content (AvgIpc) is 3.05. The Balaban J connectivity index is 1.85. The molecule has 94 valence electrons. The summed E-state index contributed by atoms with van der Waals surface area (Å²) in [6, 6.07) is 0. The summed E-state index contributed by atoms with van der Waals surface area (Å²) >= 11 is 0. The molecule has 1 aliphatic rings. The maximum Gasteiger partial charge on any atom is 0.152 e. The molecule has 0 radical (unpaired) electrons. The first kappa shape index (κ1) is 11.2. The molecule has 6 nitrogen and oxygen atoms in total. The van der Waals surface area contributed by atoms with Crippen molar-refractivity contribution in [1.29, 1.82) is 0 Å². The third kappa shape index (κ3) is 1.95. The topological polar surface area (TPSA) is 79.9 Å². The first-order chi connectivity index (χ1) is 8.88. The van der Waals surface area contributed by atoms with E-state index in [1.54, 1.807) is 6.20 Å². The lowest BCUT2D eigenvalue weighted by molar-refractivity contribution is 0.112. The Labute approximate surface area is 104 Å². The van der Waals surface area contributed by atoms with Gasteiger partial charge in [-0.05, 0) is 12.8 Å². The van der Waals surface area contributed by atoms with Crippen LogP contribution in [0.5, 0.6) is 0 Å². The van der Waals surface area contributed by atoms with Crippen LogP contribution in [0, 0.1) is 0 Å². The maximum absolute atomic E-state index is 11.0. The van der Waals surface area contributed by atoms with Crippen LogP contribution in [0.25, 0.3) is 11.0 Å². The molecule has 1 atom stereocenters. The Morgan fingerprint density at radius 3 is 3.28 bits per heavy atom. The number of aldehydes is 1. The van der Waals surface area contributed by atoms with Crippen molar-refractivity contribution in [3.63, 3.8) is 0 Å². The highest BCUT2D eigenvalue weighted by atomic mass is 16.5. The van der Waals surface area contributed by atoms with E-state index in [0.717, 1.165) is 31.1 Å². The summed E-state index contributed by atoms with van der Waals surface area (Å²) in [7, 11) is 0. The summed E-state index contributed by atoms with van der Waals surface area (Å²) < 4.78 is 5.54. The minimum atomic E-state index is 0.230. The fourth-order valence-corrected chi connectivity index (χ4v) is 2.23. The van der Waals surface area contributed by atoms with E-state index in [-0.39, 0.29) is 6.10 Å². The van der Waals surface area contributed by atoms with E-state index in [1.807, 2.05) is 0 Å². The predicted octanol–water partition coefficient (Wildman–Crippen LogP) is 1.36. The summed E-state index contributed by atoms with van der Waals surface area (Å²) in [4.78, 5) is 22.2. The molecule has 1 unspecified atom stereocenters. The van der Waals surface area contributed by atoms with Crippen LogP contribution in [0.2, 0.25) is 0 Å². The lowest BCUT2D eigenvalue weighted by atomic mass is 10.2. The van der Waals surface area contributed by atoms with Crippen LogP contribution < -0.4 is 5.32 Å². The minimum absolute atomic E-state index is 0.230. The Morgan fingerprint density at radius 2 is 2.50 bits per heavy atom.